The van der Waals surface area contributed by atoms with Crippen LogP contribution in [0.15, 0.2) is 30.6 Å². The molecule has 0 saturated carbocycles. The Kier molecular flexibility index (Phi) is 1.54. The van der Waals surface area contributed by atoms with Crippen LogP contribution in [0.2, 0.25) is 0 Å². The quantitative estimate of drug-likeness (QED) is 0.650. The first-order valence-electron chi connectivity index (χ1n) is 3.13. The first kappa shape index (κ1) is 6.67. The van der Waals surface area contributed by atoms with Crippen molar-refractivity contribution in [1.82, 2.24) is 8.96 Å². The van der Waals surface area contributed by atoms with Crippen LogP contribution in [0.25, 0.3) is 11.0 Å². The van der Waals surface area contributed by atoms with Gasteiger partial charge in [-0.2, -0.15) is 0 Å². The first-order chi connectivity index (χ1) is 5.42. The van der Waals surface area contributed by atoms with Crippen LogP contribution in [0.4, 0.5) is 3.89 Å². The maximum absolute atomic E-state index is 12.1. The second-order valence-corrected chi connectivity index (χ2v) is 2.66. The van der Waals surface area contributed by atoms with E-state index in [4.69, 9.17) is 0 Å². The van der Waals surface area contributed by atoms with Crippen molar-refractivity contribution >= 4 is 23.4 Å². The molecule has 2 heterocycles. The van der Waals surface area contributed by atoms with Crippen molar-refractivity contribution in [3.63, 3.8) is 0 Å². The SMILES string of the molecule is FSn1ccc2cccnc21. The first-order valence-corrected chi connectivity index (χ1v) is 3.80. The fraction of sp³-hybridized carbons (Fsp3) is 0. The van der Waals surface area contributed by atoms with E-state index in [0.717, 1.165) is 5.39 Å². The fourth-order valence-electron chi connectivity index (χ4n) is 0.998. The molecule has 0 spiro atoms. The fourth-order valence-corrected chi connectivity index (χ4v) is 1.32. The number of fused-ring (bicyclic) bond motifs is 1. The summed E-state index contributed by atoms with van der Waals surface area (Å²) in [6, 6.07) is 5.56. The van der Waals surface area contributed by atoms with Crippen molar-refractivity contribution in [3.8, 4) is 0 Å². The number of pyridine rings is 1. The molecule has 0 aliphatic carbocycles. The van der Waals surface area contributed by atoms with Gasteiger partial charge in [-0.05, 0) is 18.2 Å². The van der Waals surface area contributed by atoms with E-state index < -0.39 is 0 Å². The third kappa shape index (κ3) is 0.991. The highest BCUT2D eigenvalue weighted by molar-refractivity contribution is 7.92. The topological polar surface area (TPSA) is 17.8 Å². The molecule has 0 bridgehead atoms. The summed E-state index contributed by atoms with van der Waals surface area (Å²) in [5.41, 5.74) is 0.667. The van der Waals surface area contributed by atoms with Gasteiger partial charge < -0.3 is 0 Å². The standard InChI is InChI=1S/C7H5FN2S/c8-11-10-5-3-6-2-1-4-9-7(6)10/h1-5H. The predicted molar refractivity (Wildman–Crippen MR) is 43.8 cm³/mol. The summed E-state index contributed by atoms with van der Waals surface area (Å²) in [7, 11) is 0. The minimum absolute atomic E-state index is 0.159. The molecule has 0 N–H and O–H groups in total. The van der Waals surface area contributed by atoms with Gasteiger partial charge in [0, 0.05) is 17.8 Å². The largest absolute Gasteiger partial charge is 0.247 e. The van der Waals surface area contributed by atoms with Crippen LogP contribution >= 0.6 is 12.3 Å². The molecule has 2 nitrogen and oxygen atoms in total. The van der Waals surface area contributed by atoms with Crippen molar-refractivity contribution in [2.75, 3.05) is 0 Å². The number of hydrogen-bond donors (Lipinski definition) is 0. The van der Waals surface area contributed by atoms with Crippen LogP contribution in [0.1, 0.15) is 0 Å². The van der Waals surface area contributed by atoms with E-state index in [0.29, 0.717) is 5.65 Å². The van der Waals surface area contributed by atoms with Gasteiger partial charge in [-0.3, -0.25) is 0 Å². The van der Waals surface area contributed by atoms with Crippen molar-refractivity contribution in [1.29, 1.82) is 0 Å². The minimum Gasteiger partial charge on any atom is -0.247 e. The average Bonchev–Trinajstić information content (AvgIpc) is 2.47. The zero-order valence-corrected chi connectivity index (χ0v) is 6.38. The molecule has 0 amide bonds. The molecule has 0 fully saturated rings. The molecule has 11 heavy (non-hydrogen) atoms. The molecule has 2 aromatic heterocycles. The van der Waals surface area contributed by atoms with Gasteiger partial charge in [0.2, 0.25) is 0 Å². The Labute approximate surface area is 67.5 Å². The lowest BCUT2D eigenvalue weighted by Crippen LogP contribution is -1.81. The van der Waals surface area contributed by atoms with Gasteiger partial charge in [0.15, 0.2) is 18.0 Å². The van der Waals surface area contributed by atoms with Gasteiger partial charge in [-0.25, -0.2) is 8.96 Å². The Balaban J connectivity index is 2.76. The summed E-state index contributed by atoms with van der Waals surface area (Å²) in [5, 5.41) is 0.956. The van der Waals surface area contributed by atoms with Gasteiger partial charge in [0.1, 0.15) is 0 Å². The van der Waals surface area contributed by atoms with Crippen LogP contribution in [0, 0.1) is 0 Å². The maximum atomic E-state index is 12.1. The lowest BCUT2D eigenvalue weighted by Gasteiger charge is -1.92. The Hall–Kier alpha value is -1.03. The number of rotatable bonds is 1. The van der Waals surface area contributed by atoms with Crippen molar-refractivity contribution in [2.45, 2.75) is 0 Å². The summed E-state index contributed by atoms with van der Waals surface area (Å²) in [5.74, 6) is 0. The Morgan fingerprint density at radius 1 is 1.45 bits per heavy atom. The lowest BCUT2D eigenvalue weighted by molar-refractivity contribution is 0.919. The molecule has 4 heteroatoms. The summed E-state index contributed by atoms with van der Waals surface area (Å²) >= 11 is 0.159. The van der Waals surface area contributed by atoms with E-state index >= 15 is 0 Å². The second-order valence-electron chi connectivity index (χ2n) is 2.13. The predicted octanol–water partition coefficient (Wildman–Crippen LogP) is 2.42. The molecule has 2 aromatic rings. The van der Waals surface area contributed by atoms with Gasteiger partial charge >= 0.3 is 0 Å². The van der Waals surface area contributed by atoms with Gasteiger partial charge in [-0.1, -0.05) is 0 Å². The van der Waals surface area contributed by atoms with E-state index in [1.807, 2.05) is 18.2 Å². The lowest BCUT2D eigenvalue weighted by atomic mass is 10.3. The van der Waals surface area contributed by atoms with Gasteiger partial charge in [-0.15, -0.1) is 3.89 Å². The zero-order valence-electron chi connectivity index (χ0n) is 5.57. The molecule has 56 valence electrons. The van der Waals surface area contributed by atoms with E-state index in [1.165, 1.54) is 3.97 Å². The number of hydrogen-bond acceptors (Lipinski definition) is 2. The molecule has 0 aromatic carbocycles. The Morgan fingerprint density at radius 2 is 2.36 bits per heavy atom. The van der Waals surface area contributed by atoms with Crippen LogP contribution in [0.3, 0.4) is 0 Å². The molecule has 0 aliphatic heterocycles. The van der Waals surface area contributed by atoms with Crippen molar-refractivity contribution in [3.05, 3.63) is 30.6 Å². The van der Waals surface area contributed by atoms with Crippen molar-refractivity contribution in [2.24, 2.45) is 0 Å². The average molecular weight is 168 g/mol. The Bertz CT molecular complexity index is 371. The molecule has 0 unspecified atom stereocenters. The third-order valence-corrected chi connectivity index (χ3v) is 1.93. The van der Waals surface area contributed by atoms with E-state index in [2.05, 4.69) is 4.98 Å². The second kappa shape index (κ2) is 2.54. The van der Waals surface area contributed by atoms with E-state index in [1.54, 1.807) is 12.4 Å². The number of aromatic nitrogens is 2. The summed E-state index contributed by atoms with van der Waals surface area (Å²) in [4.78, 5) is 4.01. The molecule has 0 saturated heterocycles. The monoisotopic (exact) mass is 168 g/mol. The summed E-state index contributed by atoms with van der Waals surface area (Å²) in [6.07, 6.45) is 3.30. The van der Waals surface area contributed by atoms with Crippen LogP contribution in [-0.2, 0) is 0 Å². The smallest absolute Gasteiger partial charge is 0.171 e. The molecular formula is C7H5FN2S. The van der Waals surface area contributed by atoms with Crippen LogP contribution < -0.4 is 0 Å². The molecule has 0 atom stereocenters. The highest BCUT2D eigenvalue weighted by Gasteiger charge is 1.99. The number of nitrogens with zero attached hydrogens (tertiary/aromatic N) is 2. The van der Waals surface area contributed by atoms with E-state index in [-0.39, 0.29) is 12.3 Å². The van der Waals surface area contributed by atoms with Gasteiger partial charge in [0.05, 0.1) is 0 Å². The zero-order chi connectivity index (χ0) is 7.68. The Morgan fingerprint density at radius 3 is 3.18 bits per heavy atom. The molecule has 0 aliphatic rings. The minimum atomic E-state index is 0.159. The van der Waals surface area contributed by atoms with Gasteiger partial charge in [0.25, 0.3) is 0 Å². The third-order valence-electron chi connectivity index (χ3n) is 1.49. The molecule has 2 rings (SSSR count). The van der Waals surface area contributed by atoms with Crippen LogP contribution in [0.5, 0.6) is 0 Å². The molecule has 0 radical (unpaired) electrons. The molecular weight excluding hydrogens is 163 g/mol. The normalized spacial score (nSPS) is 10.6. The summed E-state index contributed by atoms with van der Waals surface area (Å²) < 4.78 is 13.5. The maximum Gasteiger partial charge on any atom is 0.171 e. The highest BCUT2D eigenvalue weighted by atomic mass is 32.2. The summed E-state index contributed by atoms with van der Waals surface area (Å²) in [6.45, 7) is 0. The highest BCUT2D eigenvalue weighted by Crippen LogP contribution is 2.18. The van der Waals surface area contributed by atoms with Crippen LogP contribution in [-0.4, -0.2) is 8.96 Å². The number of halogens is 1. The van der Waals surface area contributed by atoms with Crippen molar-refractivity contribution < 1.29 is 3.89 Å². The van der Waals surface area contributed by atoms with E-state index in [9.17, 15) is 3.89 Å².